The number of morpholine rings is 1. The summed E-state index contributed by atoms with van der Waals surface area (Å²) in [6, 6.07) is 7.08. The number of aryl methyl sites for hydroxylation is 2. The van der Waals surface area contributed by atoms with Crippen LogP contribution >= 0.6 is 15.9 Å². The summed E-state index contributed by atoms with van der Waals surface area (Å²) < 4.78 is 7.35. The van der Waals surface area contributed by atoms with Crippen molar-refractivity contribution in [2.24, 2.45) is 4.99 Å². The van der Waals surface area contributed by atoms with E-state index in [4.69, 9.17) is 4.74 Å². The van der Waals surface area contributed by atoms with Crippen molar-refractivity contribution in [1.82, 2.24) is 19.5 Å². The molecule has 0 unspecified atom stereocenters. The molecule has 0 spiro atoms. The van der Waals surface area contributed by atoms with Crippen molar-refractivity contribution in [3.63, 3.8) is 0 Å². The molecule has 0 aliphatic carbocycles. The van der Waals surface area contributed by atoms with Crippen molar-refractivity contribution in [3.05, 3.63) is 76.8 Å². The zero-order chi connectivity index (χ0) is 25.6. The summed E-state index contributed by atoms with van der Waals surface area (Å²) in [5.74, 6) is -0.527. The Morgan fingerprint density at radius 2 is 1.67 bits per heavy atom. The third kappa shape index (κ3) is 4.29. The van der Waals surface area contributed by atoms with E-state index >= 15 is 0 Å². The van der Waals surface area contributed by atoms with E-state index in [1.807, 2.05) is 19.1 Å². The number of benzene rings is 2. The molecule has 11 nitrogen and oxygen atoms in total. The molecule has 5 rings (SSSR count). The van der Waals surface area contributed by atoms with Crippen molar-refractivity contribution in [1.29, 1.82) is 0 Å². The lowest BCUT2D eigenvalue weighted by molar-refractivity contribution is 0.123. The zero-order valence-corrected chi connectivity index (χ0v) is 21.1. The Labute approximate surface area is 212 Å². The van der Waals surface area contributed by atoms with Gasteiger partial charge in [-0.25, -0.2) is 14.2 Å². The Balaban J connectivity index is 1.65. The van der Waals surface area contributed by atoms with E-state index in [1.165, 1.54) is 6.21 Å². The van der Waals surface area contributed by atoms with E-state index in [1.54, 1.807) is 19.1 Å². The predicted molar refractivity (Wildman–Crippen MR) is 141 cm³/mol. The van der Waals surface area contributed by atoms with Crippen molar-refractivity contribution < 1.29 is 9.84 Å². The quantitative estimate of drug-likeness (QED) is 0.284. The number of fused-ring (bicyclic) bond motifs is 1. The summed E-state index contributed by atoms with van der Waals surface area (Å²) in [6.07, 6.45) is 1.22. The van der Waals surface area contributed by atoms with Gasteiger partial charge in [0.05, 0.1) is 41.3 Å². The number of nitrogens with zero attached hydrogens (tertiary/aromatic N) is 3. The van der Waals surface area contributed by atoms with Crippen LogP contribution in [0.1, 0.15) is 16.7 Å². The lowest BCUT2D eigenvalue weighted by Crippen LogP contribution is -2.36. The zero-order valence-electron chi connectivity index (χ0n) is 19.5. The molecular weight excluding hydrogens is 532 g/mol. The van der Waals surface area contributed by atoms with Gasteiger partial charge < -0.3 is 24.7 Å². The first-order valence-corrected chi connectivity index (χ1v) is 12.0. The van der Waals surface area contributed by atoms with Crippen LogP contribution in [0, 0.1) is 13.8 Å². The maximum Gasteiger partial charge on any atom is 0.335 e. The molecule has 0 amide bonds. The number of H-pyrrole nitrogens is 3. The highest BCUT2D eigenvalue weighted by atomic mass is 79.9. The van der Waals surface area contributed by atoms with Gasteiger partial charge in [-0.15, -0.1) is 0 Å². The second-order valence-electron chi connectivity index (χ2n) is 8.54. The van der Waals surface area contributed by atoms with Gasteiger partial charge in [0, 0.05) is 23.8 Å². The second kappa shape index (κ2) is 9.28. The van der Waals surface area contributed by atoms with Crippen molar-refractivity contribution in [2.75, 3.05) is 31.2 Å². The average Bonchev–Trinajstić information content (AvgIpc) is 3.20. The first kappa shape index (κ1) is 23.8. The fourth-order valence-electron chi connectivity index (χ4n) is 4.24. The smallest absolute Gasteiger partial charge is 0.335 e. The molecule has 0 saturated carbocycles. The van der Waals surface area contributed by atoms with Crippen LogP contribution in [0.25, 0.3) is 16.7 Å². The van der Waals surface area contributed by atoms with E-state index in [0.717, 1.165) is 25.9 Å². The van der Waals surface area contributed by atoms with Gasteiger partial charge in [-0.05, 0) is 49.2 Å². The summed E-state index contributed by atoms with van der Waals surface area (Å²) in [4.78, 5) is 51.5. The molecule has 1 aliphatic rings. The average molecular weight is 555 g/mol. The monoisotopic (exact) mass is 554 g/mol. The molecule has 0 atom stereocenters. The molecule has 36 heavy (non-hydrogen) atoms. The van der Waals surface area contributed by atoms with Gasteiger partial charge in [0.25, 0.3) is 5.56 Å². The van der Waals surface area contributed by atoms with Crippen LogP contribution in [0.3, 0.4) is 0 Å². The maximum absolute atomic E-state index is 12.7. The third-order valence-electron chi connectivity index (χ3n) is 6.13. The number of aromatic amines is 3. The molecule has 186 valence electrons. The molecule has 2 aromatic heterocycles. The summed E-state index contributed by atoms with van der Waals surface area (Å²) >= 11 is 3.46. The molecule has 12 heteroatoms. The Bertz CT molecular complexity index is 1690. The Morgan fingerprint density at radius 1 is 0.972 bits per heavy atom. The van der Waals surface area contributed by atoms with Crippen LogP contribution in [0.4, 0.5) is 11.4 Å². The molecule has 3 heterocycles. The van der Waals surface area contributed by atoms with Crippen LogP contribution < -0.4 is 21.8 Å². The Morgan fingerprint density at radius 3 is 2.39 bits per heavy atom. The van der Waals surface area contributed by atoms with Gasteiger partial charge in [0.15, 0.2) is 0 Å². The number of rotatable bonds is 4. The summed E-state index contributed by atoms with van der Waals surface area (Å²) in [7, 11) is 0. The minimum atomic E-state index is -0.770. The number of ether oxygens (including phenoxy) is 1. The van der Waals surface area contributed by atoms with E-state index in [9.17, 15) is 19.5 Å². The molecule has 4 N–H and O–H groups in total. The van der Waals surface area contributed by atoms with E-state index < -0.39 is 17.1 Å². The van der Waals surface area contributed by atoms with Crippen molar-refractivity contribution in [3.8, 4) is 11.6 Å². The SMILES string of the molecule is Cc1cc(-n2c(O)c(C=Nc3cc4[nH]c(=O)[nH]c4cc3N3CCOCC3)c(=O)[nH]c2=O)c(C)cc1Br. The minimum absolute atomic E-state index is 0.176. The Kier molecular flexibility index (Phi) is 6.14. The van der Waals surface area contributed by atoms with Gasteiger partial charge in [-0.1, -0.05) is 15.9 Å². The number of aromatic hydroxyl groups is 1. The number of hydrogen-bond acceptors (Lipinski definition) is 7. The molecule has 2 aromatic carbocycles. The van der Waals surface area contributed by atoms with Gasteiger partial charge in [-0.2, -0.15) is 0 Å². The number of aliphatic imine (C=N–C) groups is 1. The highest BCUT2D eigenvalue weighted by Crippen LogP contribution is 2.33. The topological polar surface area (TPSA) is 149 Å². The molecule has 4 aromatic rings. The number of imidazole rings is 1. The largest absolute Gasteiger partial charge is 0.493 e. The highest BCUT2D eigenvalue weighted by Gasteiger charge is 2.19. The highest BCUT2D eigenvalue weighted by molar-refractivity contribution is 9.10. The Hall–Kier alpha value is -3.90. The molecule has 0 radical (unpaired) electrons. The number of nitrogens with one attached hydrogen (secondary N) is 3. The maximum atomic E-state index is 12.7. The molecule has 1 saturated heterocycles. The van der Waals surface area contributed by atoms with Crippen LogP contribution in [-0.4, -0.2) is 57.1 Å². The molecule has 0 bridgehead atoms. The first-order valence-electron chi connectivity index (χ1n) is 11.2. The predicted octanol–water partition coefficient (Wildman–Crippen LogP) is 2.37. The molecule has 1 aliphatic heterocycles. The fourth-order valence-corrected chi connectivity index (χ4v) is 4.70. The summed E-state index contributed by atoms with van der Waals surface area (Å²) in [6.45, 7) is 6.00. The number of aromatic nitrogens is 4. The first-order chi connectivity index (χ1) is 17.2. The van der Waals surface area contributed by atoms with E-state index in [0.29, 0.717) is 48.7 Å². The lowest BCUT2D eigenvalue weighted by Gasteiger charge is -2.29. The normalized spacial score (nSPS) is 14.2. The lowest BCUT2D eigenvalue weighted by atomic mass is 10.1. The van der Waals surface area contributed by atoms with Crippen LogP contribution in [0.5, 0.6) is 5.88 Å². The van der Waals surface area contributed by atoms with Crippen LogP contribution in [0.2, 0.25) is 0 Å². The number of halogens is 1. The second-order valence-corrected chi connectivity index (χ2v) is 9.40. The van der Waals surface area contributed by atoms with Gasteiger partial charge >= 0.3 is 11.4 Å². The third-order valence-corrected chi connectivity index (χ3v) is 6.99. The minimum Gasteiger partial charge on any atom is -0.493 e. The van der Waals surface area contributed by atoms with Gasteiger partial charge in [0.2, 0.25) is 5.88 Å². The van der Waals surface area contributed by atoms with Gasteiger partial charge in [-0.3, -0.25) is 14.8 Å². The standard InChI is InChI=1S/C24H23BrN6O5/c1-12-8-19(13(2)7-15(12)25)31-22(33)14(21(32)29-24(31)35)11-26-18-9-16-17(28-23(34)27-16)10-20(18)30-3-5-36-6-4-30/h7-11,33H,3-6H2,1-2H3,(H2,27,28,34)(H,29,32,35). The van der Waals surface area contributed by atoms with Crippen molar-refractivity contribution >= 4 is 44.6 Å². The van der Waals surface area contributed by atoms with E-state index in [-0.39, 0.29) is 11.3 Å². The van der Waals surface area contributed by atoms with Crippen LogP contribution in [0.15, 0.2) is 48.1 Å². The van der Waals surface area contributed by atoms with Crippen LogP contribution in [-0.2, 0) is 4.74 Å². The number of hydrogen-bond donors (Lipinski definition) is 4. The van der Waals surface area contributed by atoms with Crippen molar-refractivity contribution in [2.45, 2.75) is 13.8 Å². The van der Waals surface area contributed by atoms with Gasteiger partial charge in [0.1, 0.15) is 5.56 Å². The molecule has 1 fully saturated rings. The number of anilines is 1. The van der Waals surface area contributed by atoms with E-state index in [2.05, 4.69) is 40.8 Å². The molecular formula is C24H23BrN6O5. The summed E-state index contributed by atoms with van der Waals surface area (Å²) in [5, 5.41) is 11.0. The summed E-state index contributed by atoms with van der Waals surface area (Å²) in [5.41, 5.74) is 2.34. The fraction of sp³-hybridized carbons (Fsp3) is 0.250.